The minimum Gasteiger partial charge on any atom is -0.485 e. The number of fused-ring (bicyclic) bond motifs is 1. The van der Waals surface area contributed by atoms with E-state index in [4.69, 9.17) is 4.74 Å². The SMILES string of the molecule is CC1(C)Oc2ccc(C#N)cc2[C@@H](N2CCN(Cc3ccccc3)C2=NC#N)[C@@H]1O. The van der Waals surface area contributed by atoms with Gasteiger partial charge in [-0.05, 0) is 37.6 Å². The van der Waals surface area contributed by atoms with Gasteiger partial charge in [0.15, 0.2) is 0 Å². The van der Waals surface area contributed by atoms with Crippen LogP contribution in [0.1, 0.15) is 36.6 Å². The molecule has 0 aliphatic carbocycles. The lowest BCUT2D eigenvalue weighted by Crippen LogP contribution is -2.54. The summed E-state index contributed by atoms with van der Waals surface area (Å²) < 4.78 is 6.03. The van der Waals surface area contributed by atoms with Crippen LogP contribution in [0, 0.1) is 22.8 Å². The van der Waals surface area contributed by atoms with Gasteiger partial charge >= 0.3 is 0 Å². The molecule has 7 nitrogen and oxygen atoms in total. The summed E-state index contributed by atoms with van der Waals surface area (Å²) in [5.41, 5.74) is 1.50. The highest BCUT2D eigenvalue weighted by Gasteiger charge is 2.48. The summed E-state index contributed by atoms with van der Waals surface area (Å²) in [4.78, 5) is 8.12. The second kappa shape index (κ2) is 7.70. The van der Waals surface area contributed by atoms with E-state index >= 15 is 0 Å². The van der Waals surface area contributed by atoms with Crippen molar-refractivity contribution in [3.05, 3.63) is 65.2 Å². The second-order valence-corrected chi connectivity index (χ2v) is 8.07. The van der Waals surface area contributed by atoms with Crippen molar-refractivity contribution >= 4 is 5.96 Å². The van der Waals surface area contributed by atoms with Crippen LogP contribution in [0.4, 0.5) is 0 Å². The predicted molar refractivity (Wildman–Crippen MR) is 111 cm³/mol. The largest absolute Gasteiger partial charge is 0.485 e. The predicted octanol–water partition coefficient (Wildman–Crippen LogP) is 2.79. The van der Waals surface area contributed by atoms with Crippen molar-refractivity contribution in [3.8, 4) is 18.0 Å². The summed E-state index contributed by atoms with van der Waals surface area (Å²) in [5.74, 6) is 1.16. The van der Waals surface area contributed by atoms with E-state index in [1.807, 2.05) is 60.2 Å². The van der Waals surface area contributed by atoms with Crippen molar-refractivity contribution in [1.82, 2.24) is 9.80 Å². The van der Waals surface area contributed by atoms with Gasteiger partial charge in [0.1, 0.15) is 17.5 Å². The summed E-state index contributed by atoms with van der Waals surface area (Å²) >= 11 is 0. The number of rotatable bonds is 3. The van der Waals surface area contributed by atoms with E-state index in [1.165, 1.54) is 0 Å². The molecule has 7 heteroatoms. The number of guanidine groups is 1. The summed E-state index contributed by atoms with van der Waals surface area (Å²) in [6, 6.07) is 16.9. The number of aliphatic hydroxyl groups is 1. The van der Waals surface area contributed by atoms with E-state index < -0.39 is 17.7 Å². The normalized spacial score (nSPS) is 23.4. The third kappa shape index (κ3) is 3.45. The molecule has 0 saturated carbocycles. The van der Waals surface area contributed by atoms with Crippen molar-refractivity contribution in [2.75, 3.05) is 13.1 Å². The molecule has 1 fully saturated rings. The van der Waals surface area contributed by atoms with E-state index in [-0.39, 0.29) is 0 Å². The van der Waals surface area contributed by atoms with Crippen LogP contribution in [0.5, 0.6) is 5.75 Å². The van der Waals surface area contributed by atoms with Gasteiger partial charge in [-0.1, -0.05) is 30.3 Å². The minimum atomic E-state index is -0.875. The average Bonchev–Trinajstić information content (AvgIpc) is 3.11. The van der Waals surface area contributed by atoms with Crippen LogP contribution in [0.3, 0.4) is 0 Å². The molecular weight excluding hydrogens is 378 g/mol. The zero-order valence-electron chi connectivity index (χ0n) is 17.0. The molecule has 2 aromatic carbocycles. The molecule has 152 valence electrons. The van der Waals surface area contributed by atoms with Crippen LogP contribution in [-0.4, -0.2) is 45.7 Å². The molecule has 0 bridgehead atoms. The van der Waals surface area contributed by atoms with Crippen LogP contribution in [-0.2, 0) is 6.54 Å². The average molecular weight is 401 g/mol. The molecule has 2 aromatic rings. The lowest BCUT2D eigenvalue weighted by molar-refractivity contribution is -0.0801. The molecular formula is C23H23N5O2. The number of ether oxygens (including phenoxy) is 1. The molecule has 4 rings (SSSR count). The van der Waals surface area contributed by atoms with E-state index in [1.54, 1.807) is 18.2 Å². The zero-order valence-corrected chi connectivity index (χ0v) is 17.0. The molecule has 0 spiro atoms. The van der Waals surface area contributed by atoms with Gasteiger partial charge in [0.05, 0.1) is 17.7 Å². The van der Waals surface area contributed by atoms with E-state index in [0.29, 0.717) is 36.9 Å². The summed E-state index contributed by atoms with van der Waals surface area (Å²) in [7, 11) is 0. The standard InChI is InChI=1S/C23H23N5O2/c1-23(2)21(29)20(18-12-17(13-24)8-9-19(18)30-23)28-11-10-27(22(28)26-15-25)14-16-6-4-3-5-7-16/h3-9,12,20-21,29H,10-11,14H2,1-2H3/t20-,21+/m1/s1. The topological polar surface area (TPSA) is 95.9 Å². The molecule has 1 saturated heterocycles. The lowest BCUT2D eigenvalue weighted by Gasteiger charge is -2.45. The Morgan fingerprint density at radius 1 is 1.17 bits per heavy atom. The van der Waals surface area contributed by atoms with Gasteiger partial charge in [-0.25, -0.2) is 0 Å². The fourth-order valence-electron chi connectivity index (χ4n) is 4.18. The van der Waals surface area contributed by atoms with Crippen molar-refractivity contribution in [1.29, 1.82) is 10.5 Å². The van der Waals surface area contributed by atoms with Crippen molar-refractivity contribution < 1.29 is 9.84 Å². The number of benzene rings is 2. The van der Waals surface area contributed by atoms with Gasteiger partial charge in [-0.3, -0.25) is 0 Å². The summed E-state index contributed by atoms with van der Waals surface area (Å²) in [6.45, 7) is 5.57. The highest BCUT2D eigenvalue weighted by Crippen LogP contribution is 2.44. The van der Waals surface area contributed by atoms with Crippen molar-refractivity contribution in [2.45, 2.75) is 38.1 Å². The summed E-state index contributed by atoms with van der Waals surface area (Å²) in [5, 5.41) is 29.9. The smallest absolute Gasteiger partial charge is 0.213 e. The first-order valence-electron chi connectivity index (χ1n) is 9.88. The van der Waals surface area contributed by atoms with Crippen LogP contribution < -0.4 is 4.74 Å². The van der Waals surface area contributed by atoms with Gasteiger partial charge in [0, 0.05) is 25.2 Å². The van der Waals surface area contributed by atoms with Crippen molar-refractivity contribution in [2.24, 2.45) is 4.99 Å². The maximum absolute atomic E-state index is 11.2. The first-order valence-corrected chi connectivity index (χ1v) is 9.88. The Morgan fingerprint density at radius 2 is 1.93 bits per heavy atom. The molecule has 1 N–H and O–H groups in total. The third-order valence-electron chi connectivity index (χ3n) is 5.69. The maximum atomic E-state index is 11.2. The van der Waals surface area contributed by atoms with E-state index in [2.05, 4.69) is 11.1 Å². The Balaban J connectivity index is 1.74. The Bertz CT molecular complexity index is 1050. The molecule has 2 heterocycles. The molecule has 2 aliphatic rings. The lowest BCUT2D eigenvalue weighted by atomic mass is 9.85. The molecule has 0 unspecified atom stereocenters. The van der Waals surface area contributed by atoms with E-state index in [9.17, 15) is 15.6 Å². The quantitative estimate of drug-likeness (QED) is 0.795. The number of nitrogens with zero attached hydrogens (tertiary/aromatic N) is 5. The fraction of sp³-hybridized carbons (Fsp3) is 0.348. The van der Waals surface area contributed by atoms with Gasteiger partial charge in [-0.2, -0.15) is 10.5 Å². The molecule has 0 amide bonds. The molecule has 2 atom stereocenters. The number of hydrogen-bond donors (Lipinski definition) is 1. The van der Waals surface area contributed by atoms with Crippen molar-refractivity contribution in [3.63, 3.8) is 0 Å². The molecule has 0 aromatic heterocycles. The van der Waals surface area contributed by atoms with Gasteiger partial charge in [0.25, 0.3) is 0 Å². The fourth-order valence-corrected chi connectivity index (χ4v) is 4.18. The number of nitriles is 2. The Labute approximate surface area is 176 Å². The van der Waals surface area contributed by atoms with Gasteiger partial charge in [0.2, 0.25) is 12.2 Å². The number of aliphatic imine (C=N–C) groups is 1. The highest BCUT2D eigenvalue weighted by atomic mass is 16.5. The highest BCUT2D eigenvalue weighted by molar-refractivity contribution is 5.83. The van der Waals surface area contributed by atoms with Crippen LogP contribution in [0.15, 0.2) is 53.5 Å². The second-order valence-electron chi connectivity index (χ2n) is 8.07. The molecule has 2 aliphatic heterocycles. The third-order valence-corrected chi connectivity index (χ3v) is 5.69. The monoisotopic (exact) mass is 401 g/mol. The first-order chi connectivity index (χ1) is 14.4. The van der Waals surface area contributed by atoms with Crippen LogP contribution in [0.25, 0.3) is 0 Å². The zero-order chi connectivity index (χ0) is 21.3. The van der Waals surface area contributed by atoms with Crippen LogP contribution >= 0.6 is 0 Å². The number of hydrogen-bond acceptors (Lipinski definition) is 5. The summed E-state index contributed by atoms with van der Waals surface area (Å²) in [6.07, 6.45) is 1.04. The van der Waals surface area contributed by atoms with Gasteiger partial charge in [-0.15, -0.1) is 4.99 Å². The van der Waals surface area contributed by atoms with Crippen LogP contribution in [0.2, 0.25) is 0 Å². The van der Waals surface area contributed by atoms with E-state index in [0.717, 1.165) is 11.1 Å². The minimum absolute atomic E-state index is 0.482. The van der Waals surface area contributed by atoms with Gasteiger partial charge < -0.3 is 19.6 Å². The molecule has 30 heavy (non-hydrogen) atoms. The number of aliphatic hydroxyl groups excluding tert-OH is 1. The Morgan fingerprint density at radius 3 is 2.63 bits per heavy atom. The Kier molecular flexibility index (Phi) is 5.07. The maximum Gasteiger partial charge on any atom is 0.213 e. The first kappa shape index (κ1) is 19.8. The molecule has 0 radical (unpaired) electrons. The Hall–Kier alpha value is -3.55.